The Labute approximate surface area is 123 Å². The molecule has 0 unspecified atom stereocenters. The van der Waals surface area contributed by atoms with Gasteiger partial charge in [0.15, 0.2) is 0 Å². The van der Waals surface area contributed by atoms with E-state index in [2.05, 4.69) is 20.0 Å². The number of rotatable bonds is 4. The number of likely N-dealkylation sites (tertiary alicyclic amines) is 1. The van der Waals surface area contributed by atoms with Crippen LogP contribution in [0.3, 0.4) is 0 Å². The third kappa shape index (κ3) is 3.33. The lowest BCUT2D eigenvalue weighted by Crippen LogP contribution is -2.48. The van der Waals surface area contributed by atoms with Crippen LogP contribution in [0.25, 0.3) is 0 Å². The van der Waals surface area contributed by atoms with Crippen molar-refractivity contribution in [3.63, 3.8) is 0 Å². The van der Waals surface area contributed by atoms with Gasteiger partial charge in [-0.1, -0.05) is 0 Å². The smallest absolute Gasteiger partial charge is 0.266 e. The van der Waals surface area contributed by atoms with E-state index in [4.69, 9.17) is 0 Å². The number of hydrogen-bond acceptors (Lipinski definition) is 5. The molecule has 1 saturated heterocycles. The summed E-state index contributed by atoms with van der Waals surface area (Å²) < 4.78 is 1.58. The minimum absolute atomic E-state index is 0.0222. The highest BCUT2D eigenvalue weighted by molar-refractivity contribution is 5.05. The van der Waals surface area contributed by atoms with E-state index in [-0.39, 0.29) is 5.56 Å². The summed E-state index contributed by atoms with van der Waals surface area (Å²) >= 11 is 0. The fourth-order valence-corrected chi connectivity index (χ4v) is 2.61. The number of nitrogens with zero attached hydrogens (tertiary/aromatic N) is 5. The van der Waals surface area contributed by atoms with Crippen molar-refractivity contribution in [2.75, 3.05) is 13.1 Å². The molecule has 110 valence electrons. The predicted molar refractivity (Wildman–Crippen MR) is 78.8 cm³/mol. The van der Waals surface area contributed by atoms with Crippen LogP contribution in [-0.4, -0.2) is 37.7 Å². The van der Waals surface area contributed by atoms with Gasteiger partial charge in [0, 0.05) is 49.6 Å². The average molecular weight is 285 g/mol. The van der Waals surface area contributed by atoms with Crippen molar-refractivity contribution in [3.05, 3.63) is 52.0 Å². The Hall–Kier alpha value is -2.08. The summed E-state index contributed by atoms with van der Waals surface area (Å²) in [5.74, 6) is 1.29. The number of aromatic nitrogens is 4. The maximum atomic E-state index is 11.7. The van der Waals surface area contributed by atoms with Crippen LogP contribution in [0.2, 0.25) is 0 Å². The van der Waals surface area contributed by atoms with Gasteiger partial charge in [-0.3, -0.25) is 9.69 Å². The van der Waals surface area contributed by atoms with E-state index in [1.165, 1.54) is 0 Å². The summed E-state index contributed by atoms with van der Waals surface area (Å²) in [4.78, 5) is 22.5. The quantitative estimate of drug-likeness (QED) is 0.830. The van der Waals surface area contributed by atoms with Crippen molar-refractivity contribution >= 4 is 0 Å². The second-order valence-corrected chi connectivity index (χ2v) is 5.69. The standard InChI is InChI=1S/C15H19N5O/c1-11-3-4-15(21)20(18-11)10-14-8-19(9-14)7-13-5-16-12(2)17-6-13/h3-6,14H,7-10H2,1-2H3. The Morgan fingerprint density at radius 3 is 2.62 bits per heavy atom. The molecule has 0 bridgehead atoms. The highest BCUT2D eigenvalue weighted by Crippen LogP contribution is 2.19. The van der Waals surface area contributed by atoms with Gasteiger partial charge in [0.2, 0.25) is 0 Å². The molecular weight excluding hydrogens is 266 g/mol. The van der Waals surface area contributed by atoms with Gasteiger partial charge in [-0.25, -0.2) is 14.6 Å². The molecule has 0 N–H and O–H groups in total. The largest absolute Gasteiger partial charge is 0.298 e. The number of hydrogen-bond donors (Lipinski definition) is 0. The first-order valence-corrected chi connectivity index (χ1v) is 7.15. The Bertz CT molecular complexity index is 673. The van der Waals surface area contributed by atoms with Crippen molar-refractivity contribution in [2.24, 2.45) is 5.92 Å². The molecule has 2 aromatic heterocycles. The normalized spacial score (nSPS) is 15.9. The molecule has 0 spiro atoms. The molecule has 0 atom stereocenters. The third-order valence-corrected chi connectivity index (χ3v) is 3.70. The molecule has 1 fully saturated rings. The van der Waals surface area contributed by atoms with E-state index in [9.17, 15) is 4.79 Å². The summed E-state index contributed by atoms with van der Waals surface area (Å²) in [6.07, 6.45) is 3.75. The summed E-state index contributed by atoms with van der Waals surface area (Å²) in [6.45, 7) is 7.32. The summed E-state index contributed by atoms with van der Waals surface area (Å²) in [5.41, 5.74) is 1.98. The minimum Gasteiger partial charge on any atom is -0.298 e. The molecule has 0 aliphatic carbocycles. The topological polar surface area (TPSA) is 63.9 Å². The monoisotopic (exact) mass is 285 g/mol. The van der Waals surface area contributed by atoms with E-state index >= 15 is 0 Å². The van der Waals surface area contributed by atoms with Gasteiger partial charge >= 0.3 is 0 Å². The first-order chi connectivity index (χ1) is 10.1. The van der Waals surface area contributed by atoms with E-state index in [1.807, 2.05) is 26.2 Å². The molecule has 0 aromatic carbocycles. The molecule has 0 radical (unpaired) electrons. The van der Waals surface area contributed by atoms with E-state index in [0.717, 1.165) is 36.7 Å². The van der Waals surface area contributed by atoms with Crippen molar-refractivity contribution in [3.8, 4) is 0 Å². The molecule has 3 heterocycles. The summed E-state index contributed by atoms with van der Waals surface area (Å²) in [6, 6.07) is 3.34. The minimum atomic E-state index is -0.0222. The Morgan fingerprint density at radius 1 is 1.19 bits per heavy atom. The van der Waals surface area contributed by atoms with E-state index < -0.39 is 0 Å². The van der Waals surface area contributed by atoms with Crippen LogP contribution in [0.15, 0.2) is 29.3 Å². The predicted octanol–water partition coefficient (Wildman–Crippen LogP) is 0.782. The zero-order valence-corrected chi connectivity index (χ0v) is 12.4. The van der Waals surface area contributed by atoms with Crippen LogP contribution < -0.4 is 5.56 Å². The van der Waals surface area contributed by atoms with Crippen LogP contribution in [0.1, 0.15) is 17.1 Å². The molecule has 1 aliphatic rings. The third-order valence-electron chi connectivity index (χ3n) is 3.70. The second-order valence-electron chi connectivity index (χ2n) is 5.69. The van der Waals surface area contributed by atoms with Gasteiger partial charge in [0.25, 0.3) is 5.56 Å². The lowest BCUT2D eigenvalue weighted by Gasteiger charge is -2.39. The van der Waals surface area contributed by atoms with Crippen molar-refractivity contribution < 1.29 is 0 Å². The molecule has 6 heteroatoms. The highest BCUT2D eigenvalue weighted by atomic mass is 16.1. The SMILES string of the molecule is Cc1ccc(=O)n(CC2CN(Cc3cnc(C)nc3)C2)n1. The van der Waals surface area contributed by atoms with Gasteiger partial charge in [-0.15, -0.1) is 0 Å². The molecule has 6 nitrogen and oxygen atoms in total. The maximum absolute atomic E-state index is 11.7. The Balaban J connectivity index is 1.53. The van der Waals surface area contributed by atoms with Gasteiger partial charge < -0.3 is 0 Å². The molecular formula is C15H19N5O. The van der Waals surface area contributed by atoms with Gasteiger partial charge in [-0.2, -0.15) is 5.10 Å². The fourth-order valence-electron chi connectivity index (χ4n) is 2.61. The highest BCUT2D eigenvalue weighted by Gasteiger charge is 2.27. The van der Waals surface area contributed by atoms with Gasteiger partial charge in [0.1, 0.15) is 5.82 Å². The van der Waals surface area contributed by atoms with Crippen LogP contribution in [0.4, 0.5) is 0 Å². The lowest BCUT2D eigenvalue weighted by molar-refractivity contribution is 0.0763. The van der Waals surface area contributed by atoms with Crippen molar-refractivity contribution in [2.45, 2.75) is 26.9 Å². The van der Waals surface area contributed by atoms with Gasteiger partial charge in [0.05, 0.1) is 12.2 Å². The zero-order valence-electron chi connectivity index (χ0n) is 12.4. The first-order valence-electron chi connectivity index (χ1n) is 7.15. The molecule has 0 amide bonds. The molecule has 2 aromatic rings. The van der Waals surface area contributed by atoms with Crippen LogP contribution in [-0.2, 0) is 13.1 Å². The van der Waals surface area contributed by atoms with E-state index in [1.54, 1.807) is 16.8 Å². The molecule has 3 rings (SSSR count). The fraction of sp³-hybridized carbons (Fsp3) is 0.467. The lowest BCUT2D eigenvalue weighted by atomic mass is 9.99. The van der Waals surface area contributed by atoms with Crippen molar-refractivity contribution in [1.82, 2.24) is 24.6 Å². The van der Waals surface area contributed by atoms with Crippen LogP contribution >= 0.6 is 0 Å². The average Bonchev–Trinajstić information content (AvgIpc) is 2.42. The zero-order chi connectivity index (χ0) is 14.8. The summed E-state index contributed by atoms with van der Waals surface area (Å²) in [7, 11) is 0. The van der Waals surface area contributed by atoms with Crippen LogP contribution in [0, 0.1) is 19.8 Å². The second kappa shape index (κ2) is 5.73. The van der Waals surface area contributed by atoms with Crippen LogP contribution in [0.5, 0.6) is 0 Å². The molecule has 0 saturated carbocycles. The Morgan fingerprint density at radius 2 is 1.90 bits per heavy atom. The maximum Gasteiger partial charge on any atom is 0.266 e. The van der Waals surface area contributed by atoms with Gasteiger partial charge in [-0.05, 0) is 19.9 Å². The van der Waals surface area contributed by atoms with E-state index in [0.29, 0.717) is 12.5 Å². The molecule has 21 heavy (non-hydrogen) atoms. The summed E-state index contributed by atoms with van der Waals surface area (Å²) in [5, 5.41) is 4.28. The Kier molecular flexibility index (Phi) is 3.79. The molecule has 1 aliphatic heterocycles. The number of aryl methyl sites for hydroxylation is 2. The van der Waals surface area contributed by atoms with Crippen molar-refractivity contribution in [1.29, 1.82) is 0 Å². The first kappa shape index (κ1) is 13.9.